The van der Waals surface area contributed by atoms with Gasteiger partial charge < -0.3 is 14.1 Å². The van der Waals surface area contributed by atoms with E-state index in [4.69, 9.17) is 4.42 Å². The summed E-state index contributed by atoms with van der Waals surface area (Å²) in [7, 11) is 1.25. The molecule has 0 bridgehead atoms. The number of rotatable bonds is 5. The van der Waals surface area contributed by atoms with E-state index in [1.807, 2.05) is 0 Å². The second-order valence-corrected chi connectivity index (χ2v) is 4.84. The summed E-state index contributed by atoms with van der Waals surface area (Å²) >= 11 is 0. The van der Waals surface area contributed by atoms with Crippen molar-refractivity contribution in [1.29, 1.82) is 0 Å². The van der Waals surface area contributed by atoms with Crippen LogP contribution in [-0.2, 0) is 9.53 Å². The number of amides is 1. The average Bonchev–Trinajstić information content (AvgIpc) is 3.14. The van der Waals surface area contributed by atoms with Crippen molar-refractivity contribution in [3.63, 3.8) is 0 Å². The zero-order valence-electron chi connectivity index (χ0n) is 11.6. The van der Waals surface area contributed by atoms with E-state index in [9.17, 15) is 19.7 Å². The molecule has 0 radical (unpaired) electrons. The summed E-state index contributed by atoms with van der Waals surface area (Å²) in [6.45, 7) is -0.186. The van der Waals surface area contributed by atoms with E-state index in [1.165, 1.54) is 18.1 Å². The Morgan fingerprint density at radius 2 is 2.10 bits per heavy atom. The Balaban J connectivity index is 2.19. The van der Waals surface area contributed by atoms with Gasteiger partial charge in [0.15, 0.2) is 5.76 Å². The molecule has 0 aromatic carbocycles. The maximum atomic E-state index is 12.4. The molecular weight excluding hydrogens is 280 g/mol. The molecule has 21 heavy (non-hydrogen) atoms. The quantitative estimate of drug-likeness (QED) is 0.466. The molecule has 1 heterocycles. The predicted molar refractivity (Wildman–Crippen MR) is 70.7 cm³/mol. The van der Waals surface area contributed by atoms with Crippen LogP contribution in [-0.4, -0.2) is 41.4 Å². The first-order valence-corrected chi connectivity index (χ1v) is 6.65. The van der Waals surface area contributed by atoms with E-state index in [0.29, 0.717) is 0 Å². The first-order valence-electron chi connectivity index (χ1n) is 6.65. The number of ether oxygens (including phenoxy) is 1. The van der Waals surface area contributed by atoms with Crippen molar-refractivity contribution in [1.82, 2.24) is 4.90 Å². The highest BCUT2D eigenvalue weighted by Crippen LogP contribution is 2.26. The zero-order valence-corrected chi connectivity index (χ0v) is 11.6. The monoisotopic (exact) mass is 296 g/mol. The number of methoxy groups -OCH3 is 1. The van der Waals surface area contributed by atoms with Gasteiger partial charge >= 0.3 is 11.9 Å². The van der Waals surface area contributed by atoms with Crippen LogP contribution in [0, 0.1) is 10.1 Å². The Labute approximate surface area is 120 Å². The van der Waals surface area contributed by atoms with Crippen LogP contribution < -0.4 is 0 Å². The summed E-state index contributed by atoms with van der Waals surface area (Å²) in [5.74, 6) is -1.70. The largest absolute Gasteiger partial charge is 0.468 e. The van der Waals surface area contributed by atoms with Gasteiger partial charge in [-0.05, 0) is 18.9 Å². The van der Waals surface area contributed by atoms with E-state index in [2.05, 4.69) is 4.74 Å². The van der Waals surface area contributed by atoms with Gasteiger partial charge in [-0.1, -0.05) is 12.8 Å². The van der Waals surface area contributed by atoms with Crippen LogP contribution in [0.1, 0.15) is 36.2 Å². The molecule has 1 aliphatic rings. The van der Waals surface area contributed by atoms with Crippen LogP contribution in [0.25, 0.3) is 0 Å². The fraction of sp³-hybridized carbons (Fsp3) is 0.538. The minimum atomic E-state index is -0.711. The predicted octanol–water partition coefficient (Wildman–Crippen LogP) is 1.75. The highest BCUT2D eigenvalue weighted by Gasteiger charge is 2.31. The topological polar surface area (TPSA) is 103 Å². The molecule has 8 heteroatoms. The van der Waals surface area contributed by atoms with Gasteiger partial charge in [-0.2, -0.15) is 0 Å². The number of carbonyl (C=O) groups is 2. The van der Waals surface area contributed by atoms with E-state index in [0.717, 1.165) is 31.7 Å². The molecule has 0 atom stereocenters. The molecular formula is C13H16N2O6. The number of hydrogen-bond acceptors (Lipinski definition) is 6. The van der Waals surface area contributed by atoms with E-state index in [-0.39, 0.29) is 18.3 Å². The smallest absolute Gasteiger partial charge is 0.433 e. The van der Waals surface area contributed by atoms with Gasteiger partial charge in [0, 0.05) is 6.04 Å². The lowest BCUT2D eigenvalue weighted by Crippen LogP contribution is -2.42. The molecule has 114 valence electrons. The van der Waals surface area contributed by atoms with Crippen LogP contribution in [0.5, 0.6) is 0 Å². The molecule has 2 rings (SSSR count). The Morgan fingerprint density at radius 3 is 2.62 bits per heavy atom. The van der Waals surface area contributed by atoms with Crippen LogP contribution in [0.3, 0.4) is 0 Å². The highest BCUT2D eigenvalue weighted by atomic mass is 16.6. The second kappa shape index (κ2) is 6.38. The minimum Gasteiger partial charge on any atom is -0.468 e. The third kappa shape index (κ3) is 3.39. The summed E-state index contributed by atoms with van der Waals surface area (Å²) in [5, 5.41) is 10.6. The van der Waals surface area contributed by atoms with Crippen LogP contribution in [0.2, 0.25) is 0 Å². The van der Waals surface area contributed by atoms with E-state index in [1.54, 1.807) is 0 Å². The lowest BCUT2D eigenvalue weighted by molar-refractivity contribution is -0.402. The summed E-state index contributed by atoms with van der Waals surface area (Å²) in [5.41, 5.74) is 0. The molecule has 1 aromatic heterocycles. The first kappa shape index (κ1) is 15.0. The SMILES string of the molecule is COC(=O)CN(C(=O)c1ccc([N+](=O)[O-])o1)C1CCCC1. The second-order valence-electron chi connectivity index (χ2n) is 4.84. The Kier molecular flexibility index (Phi) is 4.56. The number of furan rings is 1. The molecule has 1 amide bonds. The van der Waals surface area contributed by atoms with Crippen molar-refractivity contribution < 1.29 is 23.7 Å². The maximum absolute atomic E-state index is 12.4. The number of esters is 1. The summed E-state index contributed by atoms with van der Waals surface area (Å²) in [6, 6.07) is 2.30. The highest BCUT2D eigenvalue weighted by molar-refractivity contribution is 5.94. The van der Waals surface area contributed by atoms with Crippen LogP contribution in [0.4, 0.5) is 5.88 Å². The molecule has 8 nitrogen and oxygen atoms in total. The van der Waals surface area contributed by atoms with Gasteiger partial charge in [0.25, 0.3) is 5.91 Å². The maximum Gasteiger partial charge on any atom is 0.433 e. The lowest BCUT2D eigenvalue weighted by Gasteiger charge is -2.26. The molecule has 0 N–H and O–H groups in total. The molecule has 1 aromatic rings. The fourth-order valence-electron chi connectivity index (χ4n) is 2.47. The van der Waals surface area contributed by atoms with Crippen molar-refractivity contribution in [2.45, 2.75) is 31.7 Å². The Bertz CT molecular complexity index is 547. The van der Waals surface area contributed by atoms with Crippen LogP contribution >= 0.6 is 0 Å². The van der Waals surface area contributed by atoms with Crippen molar-refractivity contribution >= 4 is 17.8 Å². The molecule has 1 saturated carbocycles. The van der Waals surface area contributed by atoms with Crippen molar-refractivity contribution in [2.75, 3.05) is 13.7 Å². The number of nitro groups is 1. The third-order valence-corrected chi connectivity index (χ3v) is 3.54. The van der Waals surface area contributed by atoms with Crippen molar-refractivity contribution in [3.05, 3.63) is 28.0 Å². The molecule has 0 saturated heterocycles. The van der Waals surface area contributed by atoms with Gasteiger partial charge in [-0.3, -0.25) is 19.7 Å². The van der Waals surface area contributed by atoms with Gasteiger partial charge in [0.1, 0.15) is 11.5 Å². The third-order valence-electron chi connectivity index (χ3n) is 3.54. The first-order chi connectivity index (χ1) is 10.0. The molecule has 0 unspecified atom stereocenters. The minimum absolute atomic E-state index is 0.0687. The molecule has 0 aliphatic heterocycles. The standard InChI is InChI=1S/C13H16N2O6/c1-20-12(16)8-14(9-4-2-3-5-9)13(17)10-6-7-11(21-10)15(18)19/h6-7,9H,2-5,8H2,1H3. The zero-order chi connectivity index (χ0) is 15.4. The van der Waals surface area contributed by atoms with Gasteiger partial charge in [-0.25, -0.2) is 0 Å². The molecule has 1 aliphatic carbocycles. The summed E-state index contributed by atoms with van der Waals surface area (Å²) < 4.78 is 9.52. The number of carbonyl (C=O) groups excluding carboxylic acids is 2. The van der Waals surface area contributed by atoms with Gasteiger partial charge in [-0.15, -0.1) is 0 Å². The number of nitrogens with zero attached hydrogens (tertiary/aromatic N) is 2. The van der Waals surface area contributed by atoms with E-state index >= 15 is 0 Å². The van der Waals surface area contributed by atoms with E-state index < -0.39 is 22.7 Å². The van der Waals surface area contributed by atoms with Gasteiger partial charge in [0.05, 0.1) is 13.2 Å². The van der Waals surface area contributed by atoms with Crippen molar-refractivity contribution in [3.8, 4) is 0 Å². The summed E-state index contributed by atoms with van der Waals surface area (Å²) in [4.78, 5) is 35.2. The van der Waals surface area contributed by atoms with Crippen LogP contribution in [0.15, 0.2) is 16.5 Å². The fourth-order valence-corrected chi connectivity index (χ4v) is 2.47. The number of hydrogen-bond donors (Lipinski definition) is 0. The lowest BCUT2D eigenvalue weighted by atomic mass is 10.2. The Hall–Kier alpha value is -2.38. The normalized spacial score (nSPS) is 14.9. The van der Waals surface area contributed by atoms with Crippen molar-refractivity contribution in [2.24, 2.45) is 0 Å². The Morgan fingerprint density at radius 1 is 1.43 bits per heavy atom. The average molecular weight is 296 g/mol. The summed E-state index contributed by atoms with van der Waals surface area (Å²) in [6.07, 6.45) is 3.55. The molecule has 0 spiro atoms. The van der Waals surface area contributed by atoms with Gasteiger partial charge in [0.2, 0.25) is 0 Å². The molecule has 1 fully saturated rings.